The van der Waals surface area contributed by atoms with Crippen molar-refractivity contribution in [3.63, 3.8) is 0 Å². The molecule has 1 rings (SSSR count). The molecular formula is C8H10NO. The summed E-state index contributed by atoms with van der Waals surface area (Å²) in [5, 5.41) is 0. The number of rotatable bonds is 1. The number of ether oxygens (including phenoxy) is 1. The lowest BCUT2D eigenvalue weighted by Gasteiger charge is -2.04. The Balaban J connectivity index is 3.14. The first-order valence-corrected chi connectivity index (χ1v) is 3.07. The Kier molecular flexibility index (Phi) is 1.90. The molecule has 2 nitrogen and oxygen atoms in total. The number of nitrogens with zero attached hydrogens (tertiary/aromatic N) is 1. The summed E-state index contributed by atoms with van der Waals surface area (Å²) in [5.41, 5.74) is 1.78. The van der Waals surface area contributed by atoms with Crippen molar-refractivity contribution in [2.24, 2.45) is 0 Å². The van der Waals surface area contributed by atoms with Crippen molar-refractivity contribution < 1.29 is 4.74 Å². The first kappa shape index (κ1) is 7.06. The number of aromatic nitrogens is 1. The van der Waals surface area contributed by atoms with Crippen molar-refractivity contribution in [3.05, 3.63) is 30.4 Å². The molecule has 0 aromatic carbocycles. The molecule has 0 saturated carbocycles. The van der Waals surface area contributed by atoms with Gasteiger partial charge in [0.15, 0.2) is 0 Å². The van der Waals surface area contributed by atoms with Gasteiger partial charge in [-0.05, 0) is 19.9 Å². The molecule has 2 heteroatoms. The van der Waals surface area contributed by atoms with Crippen molar-refractivity contribution in [3.8, 4) is 5.75 Å². The standard InChI is InChI=1S/C8H10NO/c1-6-7(2)9-5-4-8(6)10-3/h4-5H,1H2,2-3H3. The molecule has 0 atom stereocenters. The molecule has 1 aromatic rings. The van der Waals surface area contributed by atoms with Gasteiger partial charge in [-0.15, -0.1) is 0 Å². The monoisotopic (exact) mass is 136 g/mol. The third-order valence-electron chi connectivity index (χ3n) is 1.45. The van der Waals surface area contributed by atoms with Gasteiger partial charge in [-0.2, -0.15) is 0 Å². The number of methoxy groups -OCH3 is 1. The Morgan fingerprint density at radius 1 is 1.60 bits per heavy atom. The summed E-state index contributed by atoms with van der Waals surface area (Å²) in [5.74, 6) is 0.799. The predicted octanol–water partition coefficient (Wildman–Crippen LogP) is 1.58. The molecule has 0 N–H and O–H groups in total. The smallest absolute Gasteiger partial charge is 0.125 e. The molecule has 0 bridgehead atoms. The Morgan fingerprint density at radius 2 is 2.30 bits per heavy atom. The number of aryl methyl sites for hydroxylation is 1. The van der Waals surface area contributed by atoms with E-state index in [0.717, 1.165) is 17.0 Å². The van der Waals surface area contributed by atoms with Crippen LogP contribution in [0, 0.1) is 13.8 Å². The lowest BCUT2D eigenvalue weighted by molar-refractivity contribution is 0.412. The fraction of sp³-hybridized carbons (Fsp3) is 0.250. The van der Waals surface area contributed by atoms with E-state index in [-0.39, 0.29) is 0 Å². The fourth-order valence-electron chi connectivity index (χ4n) is 0.765. The van der Waals surface area contributed by atoms with Crippen molar-refractivity contribution in [1.82, 2.24) is 4.98 Å². The zero-order valence-electron chi connectivity index (χ0n) is 6.22. The lowest BCUT2D eigenvalue weighted by Crippen LogP contribution is -1.91. The van der Waals surface area contributed by atoms with E-state index in [4.69, 9.17) is 4.74 Å². The molecule has 1 radical (unpaired) electrons. The van der Waals surface area contributed by atoms with Crippen LogP contribution < -0.4 is 4.74 Å². The molecule has 0 amide bonds. The predicted molar refractivity (Wildman–Crippen MR) is 40.0 cm³/mol. The van der Waals surface area contributed by atoms with E-state index in [9.17, 15) is 0 Å². The third kappa shape index (κ3) is 1.10. The van der Waals surface area contributed by atoms with Crippen molar-refractivity contribution in [2.45, 2.75) is 6.92 Å². The fourth-order valence-corrected chi connectivity index (χ4v) is 0.765. The van der Waals surface area contributed by atoms with Crippen molar-refractivity contribution in [2.75, 3.05) is 7.11 Å². The number of hydrogen-bond acceptors (Lipinski definition) is 2. The van der Waals surface area contributed by atoms with Crippen LogP contribution in [-0.2, 0) is 0 Å². The number of pyridine rings is 1. The van der Waals surface area contributed by atoms with Crippen molar-refractivity contribution in [1.29, 1.82) is 0 Å². The molecule has 10 heavy (non-hydrogen) atoms. The number of hydrogen-bond donors (Lipinski definition) is 0. The van der Waals surface area contributed by atoms with Crippen LogP contribution in [0.1, 0.15) is 11.3 Å². The minimum absolute atomic E-state index is 0.799. The summed E-state index contributed by atoms with van der Waals surface area (Å²) < 4.78 is 5.02. The van der Waals surface area contributed by atoms with Gasteiger partial charge in [0.1, 0.15) is 5.75 Å². The van der Waals surface area contributed by atoms with Gasteiger partial charge < -0.3 is 4.74 Å². The summed E-state index contributed by atoms with van der Waals surface area (Å²) in [4.78, 5) is 4.04. The van der Waals surface area contributed by atoms with E-state index in [1.165, 1.54) is 0 Å². The second kappa shape index (κ2) is 2.69. The summed E-state index contributed by atoms with van der Waals surface area (Å²) in [6.45, 7) is 5.71. The van der Waals surface area contributed by atoms with E-state index in [2.05, 4.69) is 11.9 Å². The Morgan fingerprint density at radius 3 is 2.80 bits per heavy atom. The SMILES string of the molecule is [CH2]c1c(OC)ccnc1C. The van der Waals surface area contributed by atoms with Gasteiger partial charge in [0.2, 0.25) is 0 Å². The summed E-state index contributed by atoms with van der Waals surface area (Å²) in [6, 6.07) is 1.80. The molecule has 0 aliphatic heterocycles. The molecule has 0 saturated heterocycles. The highest BCUT2D eigenvalue weighted by molar-refractivity contribution is 5.37. The average Bonchev–Trinajstić information content (AvgIpc) is 1.95. The van der Waals surface area contributed by atoms with E-state index in [0.29, 0.717) is 0 Å². The quantitative estimate of drug-likeness (QED) is 0.584. The van der Waals surface area contributed by atoms with Crippen molar-refractivity contribution >= 4 is 0 Å². The van der Waals surface area contributed by atoms with Crippen LogP contribution in [0.4, 0.5) is 0 Å². The maximum atomic E-state index is 5.02. The average molecular weight is 136 g/mol. The van der Waals surface area contributed by atoms with Gasteiger partial charge in [-0.25, -0.2) is 0 Å². The highest BCUT2D eigenvalue weighted by Gasteiger charge is 1.98. The van der Waals surface area contributed by atoms with Crippen LogP contribution in [0.25, 0.3) is 0 Å². The molecule has 53 valence electrons. The molecular weight excluding hydrogens is 126 g/mol. The Hall–Kier alpha value is -1.05. The van der Waals surface area contributed by atoms with E-state index in [1.54, 1.807) is 19.4 Å². The molecule has 0 aliphatic rings. The zero-order valence-corrected chi connectivity index (χ0v) is 6.22. The van der Waals surface area contributed by atoms with Crippen LogP contribution >= 0.6 is 0 Å². The van der Waals surface area contributed by atoms with Gasteiger partial charge in [-0.3, -0.25) is 4.98 Å². The van der Waals surface area contributed by atoms with Crippen LogP contribution in [-0.4, -0.2) is 12.1 Å². The van der Waals surface area contributed by atoms with Gasteiger partial charge >= 0.3 is 0 Å². The van der Waals surface area contributed by atoms with Gasteiger partial charge in [0.25, 0.3) is 0 Å². The highest BCUT2D eigenvalue weighted by atomic mass is 16.5. The normalized spacial score (nSPS) is 9.50. The first-order valence-electron chi connectivity index (χ1n) is 3.07. The minimum Gasteiger partial charge on any atom is -0.496 e. The van der Waals surface area contributed by atoms with Crippen LogP contribution in [0.3, 0.4) is 0 Å². The highest BCUT2D eigenvalue weighted by Crippen LogP contribution is 2.17. The third-order valence-corrected chi connectivity index (χ3v) is 1.45. The summed E-state index contributed by atoms with van der Waals surface area (Å²) >= 11 is 0. The molecule has 0 fully saturated rings. The van der Waals surface area contributed by atoms with Gasteiger partial charge in [0, 0.05) is 17.5 Å². The molecule has 1 aromatic heterocycles. The Bertz CT molecular complexity index is 233. The minimum atomic E-state index is 0.799. The second-order valence-electron chi connectivity index (χ2n) is 2.08. The van der Waals surface area contributed by atoms with E-state index >= 15 is 0 Å². The zero-order chi connectivity index (χ0) is 7.56. The Labute approximate surface area is 60.9 Å². The van der Waals surface area contributed by atoms with Crippen LogP contribution in [0.15, 0.2) is 12.3 Å². The van der Waals surface area contributed by atoms with Crippen LogP contribution in [0.5, 0.6) is 5.75 Å². The van der Waals surface area contributed by atoms with Gasteiger partial charge in [0.05, 0.1) is 7.11 Å². The first-order chi connectivity index (χ1) is 4.75. The molecule has 1 heterocycles. The molecule has 0 aliphatic carbocycles. The van der Waals surface area contributed by atoms with Crippen LogP contribution in [0.2, 0.25) is 0 Å². The lowest BCUT2D eigenvalue weighted by atomic mass is 10.2. The maximum Gasteiger partial charge on any atom is 0.125 e. The second-order valence-corrected chi connectivity index (χ2v) is 2.08. The van der Waals surface area contributed by atoms with E-state index < -0.39 is 0 Å². The molecule has 0 unspecified atom stereocenters. The van der Waals surface area contributed by atoms with Gasteiger partial charge in [-0.1, -0.05) is 0 Å². The summed E-state index contributed by atoms with van der Waals surface area (Å²) in [7, 11) is 1.63. The van der Waals surface area contributed by atoms with E-state index in [1.807, 2.05) is 6.92 Å². The topological polar surface area (TPSA) is 22.1 Å². The summed E-state index contributed by atoms with van der Waals surface area (Å²) in [6.07, 6.45) is 1.71. The molecule has 0 spiro atoms. The largest absolute Gasteiger partial charge is 0.496 e. The maximum absolute atomic E-state index is 5.02.